The van der Waals surface area contributed by atoms with Gasteiger partial charge in [-0.2, -0.15) is 0 Å². The molecule has 0 saturated heterocycles. The third kappa shape index (κ3) is 2.75. The Kier molecular flexibility index (Phi) is 3.57. The van der Waals surface area contributed by atoms with Crippen LogP contribution in [0.15, 0.2) is 48.5 Å². The van der Waals surface area contributed by atoms with Crippen LogP contribution in [0.4, 0.5) is 0 Å². The van der Waals surface area contributed by atoms with Crippen molar-refractivity contribution in [3.63, 3.8) is 0 Å². The zero-order valence-electron chi connectivity index (χ0n) is 11.1. The molecule has 20 heavy (non-hydrogen) atoms. The second kappa shape index (κ2) is 5.51. The van der Waals surface area contributed by atoms with Crippen LogP contribution in [0.1, 0.15) is 29.2 Å². The monoisotopic (exact) mass is 266 g/mol. The SMILES string of the molecule is O=C(O)CC1OBc2cc(Cc3ccccc3)ccc21. The summed E-state index contributed by atoms with van der Waals surface area (Å²) in [6.07, 6.45) is 0.622. The van der Waals surface area contributed by atoms with E-state index in [2.05, 4.69) is 24.3 Å². The summed E-state index contributed by atoms with van der Waals surface area (Å²) < 4.78 is 5.56. The Balaban J connectivity index is 1.79. The highest BCUT2D eigenvalue weighted by atomic mass is 16.4. The first-order chi connectivity index (χ1) is 9.72. The molecule has 1 unspecified atom stereocenters. The molecule has 3 nitrogen and oxygen atoms in total. The number of hydrogen-bond donors (Lipinski definition) is 1. The molecule has 0 aromatic heterocycles. The second-order valence-electron chi connectivity index (χ2n) is 5.09. The van der Waals surface area contributed by atoms with Crippen molar-refractivity contribution in [3.05, 3.63) is 65.2 Å². The number of carbonyl (C=O) groups is 1. The Morgan fingerprint density at radius 2 is 1.95 bits per heavy atom. The van der Waals surface area contributed by atoms with Gasteiger partial charge in [-0.25, -0.2) is 0 Å². The number of fused-ring (bicyclic) bond motifs is 1. The molecule has 2 aromatic rings. The number of hydrogen-bond acceptors (Lipinski definition) is 2. The fraction of sp³-hybridized carbons (Fsp3) is 0.188. The van der Waals surface area contributed by atoms with Crippen molar-refractivity contribution in [2.24, 2.45) is 0 Å². The summed E-state index contributed by atoms with van der Waals surface area (Å²) in [5, 5.41) is 8.87. The molecule has 0 aliphatic carbocycles. The number of carboxylic acid groups (broad SMARTS) is 1. The summed E-state index contributed by atoms with van der Waals surface area (Å²) in [5.41, 5.74) is 4.64. The number of benzene rings is 2. The molecule has 100 valence electrons. The third-order valence-corrected chi connectivity index (χ3v) is 3.61. The van der Waals surface area contributed by atoms with Crippen LogP contribution in [-0.4, -0.2) is 18.6 Å². The predicted octanol–water partition coefficient (Wildman–Crippen LogP) is 1.80. The summed E-state index contributed by atoms with van der Waals surface area (Å²) >= 11 is 0. The van der Waals surface area contributed by atoms with Crippen molar-refractivity contribution in [1.82, 2.24) is 0 Å². The first-order valence-corrected chi connectivity index (χ1v) is 6.71. The minimum Gasteiger partial charge on any atom is -0.481 e. The first-order valence-electron chi connectivity index (χ1n) is 6.71. The Bertz CT molecular complexity index is 625. The lowest BCUT2D eigenvalue weighted by Gasteiger charge is -2.10. The van der Waals surface area contributed by atoms with Crippen LogP contribution in [0.25, 0.3) is 0 Å². The van der Waals surface area contributed by atoms with E-state index in [0.717, 1.165) is 17.4 Å². The highest BCUT2D eigenvalue weighted by Gasteiger charge is 2.26. The Labute approximate surface area is 118 Å². The Morgan fingerprint density at radius 1 is 1.15 bits per heavy atom. The fourth-order valence-corrected chi connectivity index (χ4v) is 2.65. The van der Waals surface area contributed by atoms with Crippen LogP contribution in [0.5, 0.6) is 0 Å². The van der Waals surface area contributed by atoms with Gasteiger partial charge in [-0.1, -0.05) is 48.5 Å². The molecular formula is C16H15BO3. The zero-order chi connectivity index (χ0) is 13.9. The maximum atomic E-state index is 10.8. The van der Waals surface area contributed by atoms with Gasteiger partial charge in [0.15, 0.2) is 0 Å². The molecule has 0 spiro atoms. The van der Waals surface area contributed by atoms with Crippen molar-refractivity contribution in [1.29, 1.82) is 0 Å². The normalized spacial score (nSPS) is 16.5. The summed E-state index contributed by atoms with van der Waals surface area (Å²) in [6.45, 7) is 0. The van der Waals surface area contributed by atoms with E-state index in [9.17, 15) is 4.79 Å². The highest BCUT2D eigenvalue weighted by molar-refractivity contribution is 6.49. The van der Waals surface area contributed by atoms with Gasteiger partial charge < -0.3 is 9.76 Å². The van der Waals surface area contributed by atoms with Crippen molar-refractivity contribution >= 4 is 18.9 Å². The Morgan fingerprint density at radius 3 is 2.70 bits per heavy atom. The molecule has 0 bridgehead atoms. The van der Waals surface area contributed by atoms with Gasteiger partial charge in [0.1, 0.15) is 0 Å². The van der Waals surface area contributed by atoms with Gasteiger partial charge in [0, 0.05) is 0 Å². The lowest BCUT2D eigenvalue weighted by Crippen LogP contribution is -2.12. The molecule has 0 amide bonds. The molecule has 0 radical (unpaired) electrons. The van der Waals surface area contributed by atoms with Gasteiger partial charge in [-0.15, -0.1) is 0 Å². The van der Waals surface area contributed by atoms with E-state index in [1.807, 2.05) is 24.3 Å². The van der Waals surface area contributed by atoms with Crippen LogP contribution in [-0.2, 0) is 15.9 Å². The fourth-order valence-electron chi connectivity index (χ4n) is 2.65. The van der Waals surface area contributed by atoms with Gasteiger partial charge in [0.05, 0.1) is 12.5 Å². The first kappa shape index (κ1) is 12.9. The minimum absolute atomic E-state index is 0.0328. The maximum absolute atomic E-state index is 10.8. The van der Waals surface area contributed by atoms with E-state index < -0.39 is 5.97 Å². The van der Waals surface area contributed by atoms with Crippen molar-refractivity contribution in [3.8, 4) is 0 Å². The van der Waals surface area contributed by atoms with Gasteiger partial charge in [-0.3, -0.25) is 4.79 Å². The second-order valence-corrected chi connectivity index (χ2v) is 5.09. The quantitative estimate of drug-likeness (QED) is 0.858. The van der Waals surface area contributed by atoms with E-state index in [1.165, 1.54) is 11.1 Å². The summed E-state index contributed by atoms with van der Waals surface area (Å²) in [6, 6.07) is 16.5. The molecule has 4 heteroatoms. The standard InChI is InChI=1S/C16H15BO3/c18-16(19)10-15-13-7-6-12(9-14(13)17-20-15)8-11-4-2-1-3-5-11/h1-7,9,15,17H,8,10H2,(H,18,19). The number of aliphatic carboxylic acids is 1. The van der Waals surface area contributed by atoms with Crippen molar-refractivity contribution < 1.29 is 14.6 Å². The smallest absolute Gasteiger partial charge is 0.309 e. The molecule has 2 aromatic carbocycles. The molecular weight excluding hydrogens is 251 g/mol. The van der Waals surface area contributed by atoms with Crippen LogP contribution >= 0.6 is 0 Å². The van der Waals surface area contributed by atoms with E-state index in [1.54, 1.807) is 0 Å². The molecule has 0 saturated carbocycles. The van der Waals surface area contributed by atoms with Gasteiger partial charge in [0.25, 0.3) is 0 Å². The molecule has 1 aliphatic rings. The average molecular weight is 266 g/mol. The lowest BCUT2D eigenvalue weighted by molar-refractivity contribution is -0.138. The summed E-state index contributed by atoms with van der Waals surface area (Å²) in [5.74, 6) is -0.823. The molecule has 1 atom stereocenters. The largest absolute Gasteiger partial charge is 0.481 e. The summed E-state index contributed by atoms with van der Waals surface area (Å²) in [7, 11) is 0.510. The van der Waals surface area contributed by atoms with Crippen LogP contribution < -0.4 is 5.46 Å². The van der Waals surface area contributed by atoms with Crippen LogP contribution in [0, 0.1) is 0 Å². The van der Waals surface area contributed by atoms with E-state index in [-0.39, 0.29) is 12.5 Å². The minimum atomic E-state index is -0.823. The van der Waals surface area contributed by atoms with Crippen molar-refractivity contribution in [2.45, 2.75) is 18.9 Å². The zero-order valence-corrected chi connectivity index (χ0v) is 11.1. The van der Waals surface area contributed by atoms with Gasteiger partial charge in [0.2, 0.25) is 0 Å². The van der Waals surface area contributed by atoms with Gasteiger partial charge >= 0.3 is 13.5 Å². The molecule has 0 fully saturated rings. The van der Waals surface area contributed by atoms with Gasteiger partial charge in [-0.05, 0) is 28.6 Å². The maximum Gasteiger partial charge on any atom is 0.309 e. The van der Waals surface area contributed by atoms with E-state index in [4.69, 9.17) is 9.76 Å². The third-order valence-electron chi connectivity index (χ3n) is 3.61. The van der Waals surface area contributed by atoms with Crippen LogP contribution in [0.2, 0.25) is 0 Å². The van der Waals surface area contributed by atoms with E-state index in [0.29, 0.717) is 7.48 Å². The summed E-state index contributed by atoms with van der Waals surface area (Å²) in [4.78, 5) is 10.8. The van der Waals surface area contributed by atoms with Crippen LogP contribution in [0.3, 0.4) is 0 Å². The van der Waals surface area contributed by atoms with E-state index >= 15 is 0 Å². The molecule has 1 aliphatic heterocycles. The lowest BCUT2D eigenvalue weighted by atomic mass is 9.84. The topological polar surface area (TPSA) is 46.5 Å². The predicted molar refractivity (Wildman–Crippen MR) is 78.6 cm³/mol. The number of carboxylic acids is 1. The van der Waals surface area contributed by atoms with Crippen molar-refractivity contribution in [2.75, 3.05) is 0 Å². The highest BCUT2D eigenvalue weighted by Crippen LogP contribution is 2.25. The Hall–Kier alpha value is -2.07. The average Bonchev–Trinajstić information content (AvgIpc) is 2.82. The molecule has 1 N–H and O–H groups in total. The molecule has 3 rings (SSSR count). The molecule has 1 heterocycles. The number of rotatable bonds is 4.